The van der Waals surface area contributed by atoms with Gasteiger partial charge < -0.3 is 15.0 Å². The molecule has 0 aliphatic carbocycles. The monoisotopic (exact) mass is 289 g/mol. The van der Waals surface area contributed by atoms with Crippen molar-refractivity contribution < 1.29 is 4.74 Å². The van der Waals surface area contributed by atoms with E-state index in [9.17, 15) is 0 Å². The molecule has 4 nitrogen and oxygen atoms in total. The van der Waals surface area contributed by atoms with Crippen LogP contribution in [0.3, 0.4) is 0 Å². The maximum absolute atomic E-state index is 5.48. The number of nitrogens with zero attached hydrogens (tertiary/aromatic N) is 2. The fraction of sp³-hybridized carbons (Fsp3) is 0.647. The second-order valence-corrected chi connectivity index (χ2v) is 6.29. The Morgan fingerprint density at radius 2 is 1.95 bits per heavy atom. The summed E-state index contributed by atoms with van der Waals surface area (Å²) in [6.07, 6.45) is 1.33. The molecule has 2 heterocycles. The quantitative estimate of drug-likeness (QED) is 0.915. The first-order chi connectivity index (χ1) is 10.3. The van der Waals surface area contributed by atoms with Crippen LogP contribution in [0.15, 0.2) is 24.3 Å². The van der Waals surface area contributed by atoms with Crippen molar-refractivity contribution in [3.05, 3.63) is 24.3 Å². The second-order valence-electron chi connectivity index (χ2n) is 6.29. The second kappa shape index (κ2) is 6.67. The van der Waals surface area contributed by atoms with Gasteiger partial charge in [0.1, 0.15) is 5.75 Å². The third-order valence-electron chi connectivity index (χ3n) is 4.95. The molecule has 1 aromatic rings. The van der Waals surface area contributed by atoms with Crippen LogP contribution >= 0.6 is 0 Å². The van der Waals surface area contributed by atoms with Crippen LogP contribution in [0.4, 0.5) is 5.69 Å². The highest BCUT2D eigenvalue weighted by Gasteiger charge is 2.27. The summed E-state index contributed by atoms with van der Waals surface area (Å²) in [5.41, 5.74) is 1.23. The highest BCUT2D eigenvalue weighted by atomic mass is 16.5. The molecule has 1 aromatic carbocycles. The number of benzene rings is 1. The van der Waals surface area contributed by atoms with Gasteiger partial charge >= 0.3 is 0 Å². The van der Waals surface area contributed by atoms with Gasteiger partial charge in [-0.05, 0) is 31.0 Å². The van der Waals surface area contributed by atoms with E-state index in [4.69, 9.17) is 4.74 Å². The third kappa shape index (κ3) is 3.33. The van der Waals surface area contributed by atoms with Crippen molar-refractivity contribution >= 4 is 5.69 Å². The molecule has 3 rings (SSSR count). The number of hydrogen-bond acceptors (Lipinski definition) is 4. The molecule has 21 heavy (non-hydrogen) atoms. The van der Waals surface area contributed by atoms with Crippen molar-refractivity contribution in [2.45, 2.75) is 19.4 Å². The van der Waals surface area contributed by atoms with Gasteiger partial charge in [0, 0.05) is 38.8 Å². The van der Waals surface area contributed by atoms with Crippen molar-refractivity contribution in [2.75, 3.05) is 51.3 Å². The smallest absolute Gasteiger partial charge is 0.142 e. The number of nitrogens with one attached hydrogen (secondary N) is 1. The minimum absolute atomic E-state index is 0.683. The van der Waals surface area contributed by atoms with Gasteiger partial charge in [0.05, 0.1) is 12.8 Å². The Bertz CT molecular complexity index is 457. The molecule has 2 fully saturated rings. The van der Waals surface area contributed by atoms with Crippen LogP contribution in [0.5, 0.6) is 5.75 Å². The van der Waals surface area contributed by atoms with Crippen molar-refractivity contribution in [1.82, 2.24) is 10.2 Å². The number of methoxy groups -OCH3 is 1. The van der Waals surface area contributed by atoms with Gasteiger partial charge in [0.2, 0.25) is 0 Å². The number of hydrogen-bond donors (Lipinski definition) is 1. The predicted molar refractivity (Wildman–Crippen MR) is 87.2 cm³/mol. The molecule has 4 heteroatoms. The average molecular weight is 289 g/mol. The molecule has 0 saturated carbocycles. The van der Waals surface area contributed by atoms with Crippen LogP contribution < -0.4 is 15.0 Å². The lowest BCUT2D eigenvalue weighted by Crippen LogP contribution is -2.50. The minimum atomic E-state index is 0.683. The Morgan fingerprint density at radius 1 is 1.19 bits per heavy atom. The van der Waals surface area contributed by atoms with Crippen LogP contribution in [0.2, 0.25) is 0 Å². The van der Waals surface area contributed by atoms with Crippen molar-refractivity contribution in [1.29, 1.82) is 0 Å². The normalized spacial score (nSPS) is 27.0. The van der Waals surface area contributed by atoms with Gasteiger partial charge in [0.25, 0.3) is 0 Å². The van der Waals surface area contributed by atoms with Crippen LogP contribution in [0.1, 0.15) is 13.3 Å². The molecular weight excluding hydrogens is 262 g/mol. The van der Waals surface area contributed by atoms with E-state index in [1.165, 1.54) is 25.2 Å². The number of para-hydroxylation sites is 2. The van der Waals surface area contributed by atoms with E-state index in [2.05, 4.69) is 34.2 Å². The number of rotatable bonds is 4. The van der Waals surface area contributed by atoms with Crippen LogP contribution in [-0.2, 0) is 0 Å². The maximum Gasteiger partial charge on any atom is 0.142 e. The number of piperazine rings is 1. The number of ether oxygens (including phenoxy) is 1. The average Bonchev–Trinajstić information content (AvgIpc) is 2.93. The lowest BCUT2D eigenvalue weighted by atomic mass is 10.0. The fourth-order valence-electron chi connectivity index (χ4n) is 3.48. The van der Waals surface area contributed by atoms with Crippen LogP contribution in [-0.4, -0.2) is 57.3 Å². The summed E-state index contributed by atoms with van der Waals surface area (Å²) >= 11 is 0. The summed E-state index contributed by atoms with van der Waals surface area (Å²) < 4.78 is 5.48. The molecule has 2 aliphatic heterocycles. The standard InChI is InChI=1S/C17H27N3O/c1-14-7-8-18-15(14)13-19-9-11-20(12-10-19)16-5-3-4-6-17(16)21-2/h3-6,14-15,18H,7-13H2,1-2H3. The van der Waals surface area contributed by atoms with Crippen molar-refractivity contribution in [2.24, 2.45) is 5.92 Å². The molecule has 116 valence electrons. The number of anilines is 1. The topological polar surface area (TPSA) is 27.7 Å². The summed E-state index contributed by atoms with van der Waals surface area (Å²) in [6.45, 7) is 9.21. The first-order valence-electron chi connectivity index (χ1n) is 8.11. The molecule has 0 bridgehead atoms. The summed E-state index contributed by atoms with van der Waals surface area (Å²) in [7, 11) is 1.75. The van der Waals surface area contributed by atoms with E-state index in [0.29, 0.717) is 6.04 Å². The Hall–Kier alpha value is -1.26. The molecule has 0 aromatic heterocycles. The van der Waals surface area contributed by atoms with Gasteiger partial charge in [-0.2, -0.15) is 0 Å². The van der Waals surface area contributed by atoms with Crippen molar-refractivity contribution in [3.63, 3.8) is 0 Å². The van der Waals surface area contributed by atoms with E-state index in [-0.39, 0.29) is 0 Å². The van der Waals surface area contributed by atoms with E-state index >= 15 is 0 Å². The van der Waals surface area contributed by atoms with Gasteiger partial charge in [-0.1, -0.05) is 19.1 Å². The van der Waals surface area contributed by atoms with Crippen LogP contribution in [0, 0.1) is 5.92 Å². The summed E-state index contributed by atoms with van der Waals surface area (Å²) in [5, 5.41) is 3.64. The first kappa shape index (κ1) is 14.7. The van der Waals surface area contributed by atoms with E-state index in [1.807, 2.05) is 12.1 Å². The maximum atomic E-state index is 5.48. The zero-order valence-electron chi connectivity index (χ0n) is 13.2. The van der Waals surface area contributed by atoms with Gasteiger partial charge in [-0.15, -0.1) is 0 Å². The lowest BCUT2D eigenvalue weighted by molar-refractivity contribution is 0.221. The fourth-order valence-corrected chi connectivity index (χ4v) is 3.48. The molecule has 2 aliphatic rings. The Labute approximate surface area is 128 Å². The highest BCUT2D eigenvalue weighted by Crippen LogP contribution is 2.28. The van der Waals surface area contributed by atoms with Crippen molar-refractivity contribution in [3.8, 4) is 5.75 Å². The molecule has 2 unspecified atom stereocenters. The van der Waals surface area contributed by atoms with Gasteiger partial charge in [-0.3, -0.25) is 4.90 Å². The van der Waals surface area contributed by atoms with Crippen LogP contribution in [0.25, 0.3) is 0 Å². The predicted octanol–water partition coefficient (Wildman–Crippen LogP) is 1.82. The van der Waals surface area contributed by atoms with Gasteiger partial charge in [0.15, 0.2) is 0 Å². The summed E-state index contributed by atoms with van der Waals surface area (Å²) in [6, 6.07) is 9.02. The highest BCUT2D eigenvalue weighted by molar-refractivity contribution is 5.58. The zero-order valence-corrected chi connectivity index (χ0v) is 13.2. The largest absolute Gasteiger partial charge is 0.495 e. The molecule has 0 spiro atoms. The Kier molecular flexibility index (Phi) is 4.66. The molecule has 2 atom stereocenters. The SMILES string of the molecule is COc1ccccc1N1CCN(CC2NCCC2C)CC1. The van der Waals surface area contributed by atoms with E-state index < -0.39 is 0 Å². The Balaban J connectivity index is 1.55. The molecule has 0 radical (unpaired) electrons. The van der Waals surface area contributed by atoms with E-state index in [1.54, 1.807) is 7.11 Å². The van der Waals surface area contributed by atoms with E-state index in [0.717, 1.165) is 37.8 Å². The Morgan fingerprint density at radius 3 is 2.62 bits per heavy atom. The third-order valence-corrected chi connectivity index (χ3v) is 4.95. The molecular formula is C17H27N3O. The van der Waals surface area contributed by atoms with Gasteiger partial charge in [-0.25, -0.2) is 0 Å². The zero-order chi connectivity index (χ0) is 14.7. The summed E-state index contributed by atoms with van der Waals surface area (Å²) in [4.78, 5) is 5.05. The minimum Gasteiger partial charge on any atom is -0.495 e. The molecule has 1 N–H and O–H groups in total. The summed E-state index contributed by atoms with van der Waals surface area (Å²) in [5.74, 6) is 1.80. The lowest BCUT2D eigenvalue weighted by Gasteiger charge is -2.38. The molecule has 2 saturated heterocycles. The molecule has 0 amide bonds. The first-order valence-corrected chi connectivity index (χ1v) is 8.11.